The van der Waals surface area contributed by atoms with Crippen LogP contribution in [0, 0.1) is 0 Å². The van der Waals surface area contributed by atoms with Crippen molar-refractivity contribution >= 4 is 52.1 Å². The van der Waals surface area contributed by atoms with Crippen LogP contribution in [0.1, 0.15) is 24.3 Å². The second-order valence-electron chi connectivity index (χ2n) is 4.60. The third-order valence-corrected chi connectivity index (χ3v) is 5.05. The number of halogens is 3. The van der Waals surface area contributed by atoms with E-state index in [1.54, 1.807) is 0 Å². The number of rotatable bonds is 4. The molecule has 110 valence electrons. The summed E-state index contributed by atoms with van der Waals surface area (Å²) in [5.41, 5.74) is 1.26. The number of nitrogens with one attached hydrogen (secondary N) is 1. The quantitative estimate of drug-likeness (QED) is 0.776. The van der Waals surface area contributed by atoms with E-state index in [4.69, 9.17) is 0 Å². The summed E-state index contributed by atoms with van der Waals surface area (Å²) in [6.45, 7) is 10.6. The average Bonchev–Trinajstić information content (AvgIpc) is 2.73. The molecule has 2 rings (SSSR count). The molecule has 0 unspecified atom stereocenters. The van der Waals surface area contributed by atoms with Crippen LogP contribution in [-0.4, -0.2) is 31.1 Å². The van der Waals surface area contributed by atoms with E-state index in [9.17, 15) is 0 Å². The SMILES string of the molecule is C=C(C)C[C@@H](c1sccc1Br)N1CCNCC1.Cl.Cl. The van der Waals surface area contributed by atoms with Crippen LogP contribution in [0.5, 0.6) is 0 Å². The Morgan fingerprint density at radius 2 is 2.11 bits per heavy atom. The zero-order valence-corrected chi connectivity index (χ0v) is 15.1. The minimum atomic E-state index is 0. The van der Waals surface area contributed by atoms with Gasteiger partial charge in [-0.2, -0.15) is 0 Å². The van der Waals surface area contributed by atoms with E-state index in [0.29, 0.717) is 6.04 Å². The lowest BCUT2D eigenvalue weighted by Gasteiger charge is -2.35. The molecule has 6 heteroatoms. The van der Waals surface area contributed by atoms with Gasteiger partial charge in [-0.3, -0.25) is 4.90 Å². The van der Waals surface area contributed by atoms with Gasteiger partial charge in [0.25, 0.3) is 0 Å². The first-order valence-electron chi connectivity index (χ1n) is 6.00. The summed E-state index contributed by atoms with van der Waals surface area (Å²) in [6, 6.07) is 2.64. The van der Waals surface area contributed by atoms with Crippen molar-refractivity contribution in [3.8, 4) is 0 Å². The fourth-order valence-corrected chi connectivity index (χ4v) is 4.03. The molecular formula is C13H21BrCl2N2S. The normalized spacial score (nSPS) is 17.2. The van der Waals surface area contributed by atoms with Crippen LogP contribution in [0.3, 0.4) is 0 Å². The van der Waals surface area contributed by atoms with Gasteiger partial charge in [-0.25, -0.2) is 0 Å². The van der Waals surface area contributed by atoms with Gasteiger partial charge in [0.15, 0.2) is 0 Å². The Labute approximate surface area is 140 Å². The standard InChI is InChI=1S/C13H19BrN2S.2ClH/c1-10(2)9-12(13-11(14)3-8-17-13)16-6-4-15-5-7-16;;/h3,8,12,15H,1,4-7,9H2,2H3;2*1H/t12-;;/m0../s1. The fraction of sp³-hybridized carbons (Fsp3) is 0.538. The molecule has 1 aliphatic rings. The maximum atomic E-state index is 4.08. The number of thiophene rings is 1. The predicted molar refractivity (Wildman–Crippen MR) is 93.1 cm³/mol. The van der Waals surface area contributed by atoms with Crippen molar-refractivity contribution in [1.29, 1.82) is 0 Å². The lowest BCUT2D eigenvalue weighted by molar-refractivity contribution is 0.174. The van der Waals surface area contributed by atoms with Gasteiger partial charge in [-0.1, -0.05) is 5.57 Å². The Kier molecular flexibility index (Phi) is 9.58. The van der Waals surface area contributed by atoms with Gasteiger partial charge in [0, 0.05) is 41.6 Å². The van der Waals surface area contributed by atoms with Gasteiger partial charge < -0.3 is 5.32 Å². The molecule has 1 saturated heterocycles. The van der Waals surface area contributed by atoms with E-state index in [1.165, 1.54) is 14.9 Å². The molecule has 0 radical (unpaired) electrons. The van der Waals surface area contributed by atoms with Crippen molar-refractivity contribution in [2.45, 2.75) is 19.4 Å². The second-order valence-corrected chi connectivity index (χ2v) is 6.40. The Bertz CT molecular complexity index is 392. The van der Waals surface area contributed by atoms with Crippen LogP contribution < -0.4 is 5.32 Å². The summed E-state index contributed by atoms with van der Waals surface area (Å²) in [4.78, 5) is 4.01. The zero-order valence-electron chi connectivity index (χ0n) is 11.0. The fourth-order valence-electron chi connectivity index (χ4n) is 2.25. The first-order valence-corrected chi connectivity index (χ1v) is 7.68. The van der Waals surface area contributed by atoms with Crippen molar-refractivity contribution in [3.05, 3.63) is 32.9 Å². The largest absolute Gasteiger partial charge is 0.314 e. The van der Waals surface area contributed by atoms with E-state index in [1.807, 2.05) is 11.3 Å². The molecule has 0 amide bonds. The first kappa shape index (κ1) is 19.4. The summed E-state index contributed by atoms with van der Waals surface area (Å²) in [5, 5.41) is 5.57. The predicted octanol–water partition coefficient (Wildman–Crippen LogP) is 4.27. The topological polar surface area (TPSA) is 15.3 Å². The van der Waals surface area contributed by atoms with Crippen molar-refractivity contribution in [3.63, 3.8) is 0 Å². The third kappa shape index (κ3) is 5.37. The molecule has 0 aliphatic carbocycles. The summed E-state index contributed by atoms with van der Waals surface area (Å²) in [6.07, 6.45) is 1.05. The van der Waals surface area contributed by atoms with E-state index in [-0.39, 0.29) is 24.8 Å². The van der Waals surface area contributed by atoms with Crippen LogP contribution in [0.15, 0.2) is 28.1 Å². The number of hydrogen-bond acceptors (Lipinski definition) is 3. The lowest BCUT2D eigenvalue weighted by atomic mass is 10.0. The first-order chi connectivity index (χ1) is 8.18. The van der Waals surface area contributed by atoms with Crippen LogP contribution in [0.4, 0.5) is 0 Å². The molecule has 1 aliphatic heterocycles. The van der Waals surface area contributed by atoms with E-state index in [0.717, 1.165) is 32.6 Å². The van der Waals surface area contributed by atoms with Crippen LogP contribution in [0.2, 0.25) is 0 Å². The maximum absolute atomic E-state index is 4.08. The average molecular weight is 388 g/mol. The van der Waals surface area contributed by atoms with E-state index < -0.39 is 0 Å². The highest BCUT2D eigenvalue weighted by molar-refractivity contribution is 9.10. The highest BCUT2D eigenvalue weighted by Crippen LogP contribution is 2.36. The Morgan fingerprint density at radius 1 is 1.47 bits per heavy atom. The highest BCUT2D eigenvalue weighted by atomic mass is 79.9. The molecular weight excluding hydrogens is 367 g/mol. The Morgan fingerprint density at radius 3 is 2.58 bits per heavy atom. The smallest absolute Gasteiger partial charge is 0.0490 e. The Balaban J connectivity index is 0.00000162. The van der Waals surface area contributed by atoms with Gasteiger partial charge >= 0.3 is 0 Å². The monoisotopic (exact) mass is 386 g/mol. The summed E-state index contributed by atoms with van der Waals surface area (Å²) in [7, 11) is 0. The van der Waals surface area contributed by atoms with Gasteiger partial charge in [0.05, 0.1) is 0 Å². The molecule has 0 spiro atoms. The molecule has 1 aromatic rings. The van der Waals surface area contributed by atoms with Gasteiger partial charge in [0.2, 0.25) is 0 Å². The molecule has 1 atom stereocenters. The third-order valence-electron chi connectivity index (χ3n) is 3.08. The molecule has 2 nitrogen and oxygen atoms in total. The van der Waals surface area contributed by atoms with Gasteiger partial charge in [-0.15, -0.1) is 42.7 Å². The molecule has 2 heterocycles. The molecule has 1 fully saturated rings. The molecule has 19 heavy (non-hydrogen) atoms. The van der Waals surface area contributed by atoms with E-state index in [2.05, 4.69) is 51.1 Å². The number of nitrogens with zero attached hydrogens (tertiary/aromatic N) is 1. The molecule has 0 bridgehead atoms. The lowest BCUT2D eigenvalue weighted by Crippen LogP contribution is -2.45. The van der Waals surface area contributed by atoms with Crippen molar-refractivity contribution in [2.24, 2.45) is 0 Å². The summed E-state index contributed by atoms with van der Waals surface area (Å²) < 4.78 is 1.24. The van der Waals surface area contributed by atoms with Crippen LogP contribution in [0.25, 0.3) is 0 Å². The van der Waals surface area contributed by atoms with Crippen LogP contribution in [-0.2, 0) is 0 Å². The molecule has 0 saturated carbocycles. The molecule has 0 aromatic carbocycles. The minimum Gasteiger partial charge on any atom is -0.314 e. The minimum absolute atomic E-state index is 0. The van der Waals surface area contributed by atoms with E-state index >= 15 is 0 Å². The Hall–Kier alpha value is 0.420. The number of piperazine rings is 1. The second kappa shape index (κ2) is 9.37. The van der Waals surface area contributed by atoms with Crippen molar-refractivity contribution in [1.82, 2.24) is 10.2 Å². The number of hydrogen-bond donors (Lipinski definition) is 1. The summed E-state index contributed by atoms with van der Waals surface area (Å²) in [5.74, 6) is 0. The van der Waals surface area contributed by atoms with Crippen molar-refractivity contribution in [2.75, 3.05) is 26.2 Å². The van der Waals surface area contributed by atoms with Crippen molar-refractivity contribution < 1.29 is 0 Å². The summed E-state index contributed by atoms with van der Waals surface area (Å²) >= 11 is 5.51. The van der Waals surface area contributed by atoms with Gasteiger partial charge in [-0.05, 0) is 40.7 Å². The molecule has 1 aromatic heterocycles. The highest BCUT2D eigenvalue weighted by Gasteiger charge is 2.24. The zero-order chi connectivity index (χ0) is 12.3. The maximum Gasteiger partial charge on any atom is 0.0490 e. The molecule has 1 N–H and O–H groups in total. The van der Waals surface area contributed by atoms with Crippen LogP contribution >= 0.6 is 52.1 Å². The van der Waals surface area contributed by atoms with Gasteiger partial charge in [0.1, 0.15) is 0 Å².